The van der Waals surface area contributed by atoms with E-state index in [-0.39, 0.29) is 12.8 Å². The number of rotatable bonds is 3. The summed E-state index contributed by atoms with van der Waals surface area (Å²) in [6, 6.07) is 0. The van der Waals surface area contributed by atoms with E-state index in [1.54, 1.807) is 0 Å². The highest BCUT2D eigenvalue weighted by atomic mass is 19.4. The van der Waals surface area contributed by atoms with Crippen LogP contribution in [0.4, 0.5) is 13.2 Å². The lowest BCUT2D eigenvalue weighted by molar-refractivity contribution is -0.499. The van der Waals surface area contributed by atoms with Crippen LogP contribution in [0, 0.1) is 22.0 Å². The molecular formula is C8H10F3NO3. The number of nitro groups is 1. The Labute approximate surface area is 83.6 Å². The molecule has 1 fully saturated rings. The molecule has 0 N–H and O–H groups in total. The van der Waals surface area contributed by atoms with E-state index < -0.39 is 35.3 Å². The number of alkyl halides is 3. The summed E-state index contributed by atoms with van der Waals surface area (Å²) >= 11 is 0. The molecule has 1 saturated carbocycles. The summed E-state index contributed by atoms with van der Waals surface area (Å²) in [6.07, 6.45) is -4.06. The fourth-order valence-corrected chi connectivity index (χ4v) is 1.89. The van der Waals surface area contributed by atoms with E-state index in [4.69, 9.17) is 0 Å². The van der Waals surface area contributed by atoms with Crippen LogP contribution in [-0.4, -0.2) is 23.4 Å². The molecule has 0 aromatic heterocycles. The quantitative estimate of drug-likeness (QED) is 0.543. The molecule has 0 saturated heterocycles. The van der Waals surface area contributed by atoms with Gasteiger partial charge in [0.2, 0.25) is 6.54 Å². The maximum absolute atomic E-state index is 12.4. The molecule has 86 valence electrons. The first-order valence-electron chi connectivity index (χ1n) is 4.53. The van der Waals surface area contributed by atoms with Gasteiger partial charge in [-0.2, -0.15) is 13.2 Å². The van der Waals surface area contributed by atoms with Crippen LogP contribution < -0.4 is 0 Å². The Bertz CT molecular complexity index is 277. The van der Waals surface area contributed by atoms with Gasteiger partial charge >= 0.3 is 6.18 Å². The van der Waals surface area contributed by atoms with Gasteiger partial charge in [-0.25, -0.2) is 0 Å². The van der Waals surface area contributed by atoms with Gasteiger partial charge < -0.3 is 0 Å². The molecule has 0 spiro atoms. The van der Waals surface area contributed by atoms with E-state index in [2.05, 4.69) is 0 Å². The van der Waals surface area contributed by atoms with E-state index in [9.17, 15) is 28.1 Å². The lowest BCUT2D eigenvalue weighted by Gasteiger charge is -2.21. The average molecular weight is 225 g/mol. The maximum Gasteiger partial charge on any atom is 0.398 e. The van der Waals surface area contributed by atoms with Crippen LogP contribution in [0.15, 0.2) is 0 Å². The summed E-state index contributed by atoms with van der Waals surface area (Å²) in [4.78, 5) is 20.2. The van der Waals surface area contributed by atoms with Crippen LogP contribution in [0.2, 0.25) is 0 Å². The van der Waals surface area contributed by atoms with Crippen molar-refractivity contribution in [3.63, 3.8) is 0 Å². The van der Waals surface area contributed by atoms with Crippen LogP contribution >= 0.6 is 0 Å². The van der Waals surface area contributed by atoms with E-state index in [0.717, 1.165) is 0 Å². The molecule has 0 heterocycles. The van der Waals surface area contributed by atoms with E-state index in [1.807, 2.05) is 0 Å². The lowest BCUT2D eigenvalue weighted by Crippen LogP contribution is -2.37. The standard InChI is InChI=1S/C8H10F3NO3/c9-8(10,11)6(4-12(14)15)5-2-1-3-7(5)13/h5-6H,1-4H2/t5-,6-/m1/s1. The van der Waals surface area contributed by atoms with Gasteiger partial charge in [-0.1, -0.05) is 0 Å². The summed E-state index contributed by atoms with van der Waals surface area (Å²) < 4.78 is 37.3. The Kier molecular flexibility index (Phi) is 3.31. The number of hydrogen-bond donors (Lipinski definition) is 0. The van der Waals surface area contributed by atoms with Crippen molar-refractivity contribution in [1.82, 2.24) is 0 Å². The number of carbonyl (C=O) groups is 1. The second kappa shape index (κ2) is 4.16. The van der Waals surface area contributed by atoms with Gasteiger partial charge in [0.15, 0.2) is 0 Å². The molecule has 0 unspecified atom stereocenters. The molecular weight excluding hydrogens is 215 g/mol. The molecule has 0 radical (unpaired) electrons. The number of hydrogen-bond acceptors (Lipinski definition) is 3. The van der Waals surface area contributed by atoms with Gasteiger partial charge in [0.25, 0.3) is 0 Å². The molecule has 1 aliphatic carbocycles. The van der Waals surface area contributed by atoms with Gasteiger partial charge in [-0.15, -0.1) is 0 Å². The summed E-state index contributed by atoms with van der Waals surface area (Å²) in [5.74, 6) is -3.84. The van der Waals surface area contributed by atoms with Crippen LogP contribution in [0.1, 0.15) is 19.3 Å². The third-order valence-electron chi connectivity index (χ3n) is 2.60. The van der Waals surface area contributed by atoms with Crippen LogP contribution in [0.25, 0.3) is 0 Å². The van der Waals surface area contributed by atoms with E-state index in [0.29, 0.717) is 6.42 Å². The van der Waals surface area contributed by atoms with Crippen molar-refractivity contribution in [3.05, 3.63) is 10.1 Å². The minimum absolute atomic E-state index is 0.106. The minimum atomic E-state index is -4.67. The SMILES string of the molecule is O=C1CCC[C@@H]1[C@@H](C[N+](=O)[O-])C(F)(F)F. The smallest absolute Gasteiger partial charge is 0.299 e. The predicted octanol–water partition coefficient (Wildman–Crippen LogP) is 1.81. The van der Waals surface area contributed by atoms with Gasteiger partial charge in [-0.05, 0) is 12.8 Å². The largest absolute Gasteiger partial charge is 0.398 e. The summed E-state index contributed by atoms with van der Waals surface area (Å²) in [5.41, 5.74) is 0. The fourth-order valence-electron chi connectivity index (χ4n) is 1.89. The maximum atomic E-state index is 12.4. The predicted molar refractivity (Wildman–Crippen MR) is 43.8 cm³/mol. The third kappa shape index (κ3) is 2.90. The van der Waals surface area contributed by atoms with Crippen molar-refractivity contribution in [2.45, 2.75) is 25.4 Å². The Balaban J connectivity index is 2.80. The van der Waals surface area contributed by atoms with Crippen LogP contribution in [0.5, 0.6) is 0 Å². The molecule has 0 aliphatic heterocycles. The molecule has 2 atom stereocenters. The summed E-state index contributed by atoms with van der Waals surface area (Å²) in [5, 5.41) is 10.1. The van der Waals surface area contributed by atoms with E-state index >= 15 is 0 Å². The molecule has 15 heavy (non-hydrogen) atoms. The fraction of sp³-hybridized carbons (Fsp3) is 0.875. The Morgan fingerprint density at radius 1 is 1.53 bits per heavy atom. The second-order valence-electron chi connectivity index (χ2n) is 3.63. The van der Waals surface area contributed by atoms with E-state index in [1.165, 1.54) is 0 Å². The second-order valence-corrected chi connectivity index (χ2v) is 3.63. The highest BCUT2D eigenvalue weighted by Gasteiger charge is 2.51. The number of Topliss-reactive ketones (excluding diaryl/α,β-unsaturated/α-hetero) is 1. The first-order chi connectivity index (χ1) is 6.82. The summed E-state index contributed by atoms with van der Waals surface area (Å²) in [6.45, 7) is -1.21. The zero-order valence-corrected chi connectivity index (χ0v) is 7.79. The van der Waals surface area contributed by atoms with Crippen molar-refractivity contribution >= 4 is 5.78 Å². The number of nitrogens with zero attached hydrogens (tertiary/aromatic N) is 1. The van der Waals surface area contributed by atoms with Crippen LogP contribution in [-0.2, 0) is 4.79 Å². The van der Waals surface area contributed by atoms with Crippen molar-refractivity contribution < 1.29 is 22.9 Å². The molecule has 0 aromatic carbocycles. The van der Waals surface area contributed by atoms with Crippen LogP contribution in [0.3, 0.4) is 0 Å². The van der Waals surface area contributed by atoms with Crippen molar-refractivity contribution in [1.29, 1.82) is 0 Å². The zero-order chi connectivity index (χ0) is 11.6. The normalized spacial score (nSPS) is 24.2. The molecule has 1 rings (SSSR count). The van der Waals surface area contributed by atoms with Gasteiger partial charge in [-0.3, -0.25) is 14.9 Å². The zero-order valence-electron chi connectivity index (χ0n) is 7.79. The highest BCUT2D eigenvalue weighted by molar-refractivity contribution is 5.83. The van der Waals surface area contributed by atoms with Gasteiger partial charge in [0.05, 0.1) is 0 Å². The van der Waals surface area contributed by atoms with Gasteiger partial charge in [0.1, 0.15) is 11.7 Å². The number of ketones is 1. The first kappa shape index (κ1) is 11.9. The Hall–Kier alpha value is -1.14. The van der Waals surface area contributed by atoms with Crippen molar-refractivity contribution in [2.75, 3.05) is 6.54 Å². The molecule has 7 heteroatoms. The average Bonchev–Trinajstić information content (AvgIpc) is 2.45. The number of halogens is 3. The number of carbonyl (C=O) groups excluding carboxylic acids is 1. The third-order valence-corrected chi connectivity index (χ3v) is 2.60. The Morgan fingerprint density at radius 2 is 2.13 bits per heavy atom. The molecule has 4 nitrogen and oxygen atoms in total. The van der Waals surface area contributed by atoms with Gasteiger partial charge in [0, 0.05) is 17.3 Å². The molecule has 0 bridgehead atoms. The minimum Gasteiger partial charge on any atom is -0.299 e. The lowest BCUT2D eigenvalue weighted by atomic mass is 9.89. The summed E-state index contributed by atoms with van der Waals surface area (Å²) in [7, 11) is 0. The van der Waals surface area contributed by atoms with Crippen molar-refractivity contribution in [3.8, 4) is 0 Å². The van der Waals surface area contributed by atoms with Crippen molar-refractivity contribution in [2.24, 2.45) is 11.8 Å². The monoisotopic (exact) mass is 225 g/mol. The molecule has 1 aliphatic rings. The highest BCUT2D eigenvalue weighted by Crippen LogP contribution is 2.38. The Morgan fingerprint density at radius 3 is 2.47 bits per heavy atom. The molecule has 0 amide bonds. The topological polar surface area (TPSA) is 60.2 Å². The molecule has 0 aromatic rings. The first-order valence-corrected chi connectivity index (χ1v) is 4.53.